The Bertz CT molecular complexity index is 81.0. The first kappa shape index (κ1) is 10.8. The van der Waals surface area contributed by atoms with Crippen molar-refractivity contribution in [1.29, 1.82) is 0 Å². The van der Waals surface area contributed by atoms with Crippen molar-refractivity contribution in [3.05, 3.63) is 10.2 Å². The quantitative estimate of drug-likeness (QED) is 0.332. The van der Waals surface area contributed by atoms with Gasteiger partial charge < -0.3 is 9.90 Å². The van der Waals surface area contributed by atoms with Crippen LogP contribution in [-0.2, 0) is 4.79 Å². The molecular formula is C3H2IO2Tl. The van der Waals surface area contributed by atoms with Crippen LogP contribution in [0, 0.1) is 0 Å². The molecule has 0 unspecified atom stereocenters. The summed E-state index contributed by atoms with van der Waals surface area (Å²) in [5.41, 5.74) is 0. The Balaban J connectivity index is 0. The number of rotatable bonds is 1. The number of hydrogen-bond donors (Lipinski definition) is 0. The molecule has 2 nitrogen and oxygen atoms in total. The molecule has 0 fully saturated rings. The van der Waals surface area contributed by atoms with Crippen LogP contribution in [0.5, 0.6) is 0 Å². The molecule has 0 radical (unpaired) electrons. The second kappa shape index (κ2) is 6.86. The van der Waals surface area contributed by atoms with E-state index in [1.165, 1.54) is 4.08 Å². The van der Waals surface area contributed by atoms with Crippen molar-refractivity contribution in [1.82, 2.24) is 0 Å². The van der Waals surface area contributed by atoms with Crippen molar-refractivity contribution in [3.63, 3.8) is 0 Å². The molecule has 0 N–H and O–H groups in total. The summed E-state index contributed by atoms with van der Waals surface area (Å²) in [6.07, 6.45) is 0.959. The van der Waals surface area contributed by atoms with Crippen LogP contribution in [-0.4, -0.2) is 33.3 Å². The minimum absolute atomic E-state index is 0. The summed E-state index contributed by atoms with van der Waals surface area (Å²) >= 11 is 1.80. The van der Waals surface area contributed by atoms with Gasteiger partial charge in [-0.25, -0.2) is 0 Å². The maximum Gasteiger partial charge on any atom is 1.00 e. The molecule has 0 bridgehead atoms. The molecule has 0 aliphatic heterocycles. The zero-order valence-electron chi connectivity index (χ0n) is 3.43. The average Bonchev–Trinajstić information content (AvgIpc) is 1.35. The molecule has 36 valence electrons. The van der Waals surface area contributed by atoms with Crippen LogP contribution in [0.3, 0.4) is 0 Å². The van der Waals surface area contributed by atoms with Crippen molar-refractivity contribution in [2.45, 2.75) is 0 Å². The molecule has 0 amide bonds. The monoisotopic (exact) mass is 402 g/mol. The Hall–Kier alpha value is 0.862. The average molecular weight is 401 g/mol. The van der Waals surface area contributed by atoms with Gasteiger partial charge in [0.2, 0.25) is 0 Å². The fourth-order valence-electron chi connectivity index (χ4n) is 0.0514. The summed E-state index contributed by atoms with van der Waals surface area (Å²) in [6, 6.07) is 0. The largest absolute Gasteiger partial charge is 1.00 e. The van der Waals surface area contributed by atoms with E-state index in [0.717, 1.165) is 6.08 Å². The Labute approximate surface area is 75.3 Å². The topological polar surface area (TPSA) is 40.1 Å². The molecular weight excluding hydrogens is 399 g/mol. The zero-order chi connectivity index (χ0) is 4.99. The minimum atomic E-state index is -1.15. The first-order valence-electron chi connectivity index (χ1n) is 1.25. The molecule has 0 aromatic rings. The van der Waals surface area contributed by atoms with Gasteiger partial charge >= 0.3 is 27.3 Å². The second-order valence-electron chi connectivity index (χ2n) is 0.612. The molecule has 7 heavy (non-hydrogen) atoms. The van der Waals surface area contributed by atoms with E-state index in [0.29, 0.717) is 0 Å². The van der Waals surface area contributed by atoms with Gasteiger partial charge in [0.25, 0.3) is 0 Å². The molecule has 0 aliphatic rings. The van der Waals surface area contributed by atoms with E-state index in [1.54, 1.807) is 22.6 Å². The Morgan fingerprint density at radius 3 is 2.14 bits per heavy atom. The van der Waals surface area contributed by atoms with Crippen molar-refractivity contribution in [2.75, 3.05) is 0 Å². The van der Waals surface area contributed by atoms with Gasteiger partial charge in [-0.2, -0.15) is 0 Å². The van der Waals surface area contributed by atoms with Crippen molar-refractivity contribution in [3.8, 4) is 0 Å². The molecule has 4 heteroatoms. The molecule has 0 aromatic carbocycles. The molecule has 0 heterocycles. The molecule has 0 saturated heterocycles. The smallest absolute Gasteiger partial charge is 0.545 e. The van der Waals surface area contributed by atoms with Gasteiger partial charge in [0, 0.05) is 0 Å². The van der Waals surface area contributed by atoms with Crippen LogP contribution >= 0.6 is 22.6 Å². The van der Waals surface area contributed by atoms with E-state index >= 15 is 0 Å². The number of halogens is 1. The van der Waals surface area contributed by atoms with E-state index < -0.39 is 5.97 Å². The van der Waals surface area contributed by atoms with Crippen LogP contribution in [0.1, 0.15) is 0 Å². The summed E-state index contributed by atoms with van der Waals surface area (Å²) in [6.45, 7) is 0. The second-order valence-corrected chi connectivity index (χ2v) is 1.33. The predicted molar refractivity (Wildman–Crippen MR) is 33.9 cm³/mol. The summed E-state index contributed by atoms with van der Waals surface area (Å²) in [4.78, 5) is 9.40. The third-order valence-corrected chi connectivity index (χ3v) is 0.559. The van der Waals surface area contributed by atoms with Crippen molar-refractivity contribution in [2.24, 2.45) is 0 Å². The Kier molecular flexibility index (Phi) is 10.6. The van der Waals surface area contributed by atoms with Gasteiger partial charge in [-0.1, -0.05) is 22.6 Å². The van der Waals surface area contributed by atoms with E-state index in [2.05, 4.69) is 0 Å². The normalized spacial score (nSPS) is 8.14. The third-order valence-electron chi connectivity index (χ3n) is 0.199. The summed E-state index contributed by atoms with van der Waals surface area (Å²) in [5.74, 6) is -1.15. The van der Waals surface area contributed by atoms with Crippen LogP contribution in [0.4, 0.5) is 0 Å². The van der Waals surface area contributed by atoms with Gasteiger partial charge in [-0.15, -0.1) is 0 Å². The summed E-state index contributed by atoms with van der Waals surface area (Å²) in [7, 11) is 0. The summed E-state index contributed by atoms with van der Waals surface area (Å²) < 4.78 is 1.38. The predicted octanol–water partition coefficient (Wildman–Crippen LogP) is -0.696. The summed E-state index contributed by atoms with van der Waals surface area (Å²) in [5, 5.41) is 9.40. The van der Waals surface area contributed by atoms with Crippen LogP contribution in [0.15, 0.2) is 10.2 Å². The van der Waals surface area contributed by atoms with E-state index in [1.807, 2.05) is 0 Å². The zero-order valence-corrected chi connectivity index (χ0v) is 10.1. The fraction of sp³-hybridized carbons (Fsp3) is 0. The molecule has 0 spiro atoms. The number of carbonyl (C=O) groups excluding carboxylic acids is 1. The van der Waals surface area contributed by atoms with Gasteiger partial charge in [0.1, 0.15) is 0 Å². The third kappa shape index (κ3) is 10.9. The number of aliphatic carboxylic acids is 1. The van der Waals surface area contributed by atoms with E-state index in [-0.39, 0.29) is 27.3 Å². The molecule has 0 aliphatic carbocycles. The number of carbonyl (C=O) groups is 1. The number of carboxylic acid groups (broad SMARTS) is 1. The van der Waals surface area contributed by atoms with Crippen LogP contribution in [0.2, 0.25) is 0 Å². The molecule has 0 atom stereocenters. The molecule has 0 saturated carbocycles. The maximum absolute atomic E-state index is 9.40. The number of hydrogen-bond acceptors (Lipinski definition) is 2. The molecule has 0 rings (SSSR count). The van der Waals surface area contributed by atoms with Crippen molar-refractivity contribution < 1.29 is 9.90 Å². The molecule has 0 aromatic heterocycles. The van der Waals surface area contributed by atoms with Crippen LogP contribution < -0.4 is 5.11 Å². The first-order chi connectivity index (χ1) is 2.77. The standard InChI is InChI=1S/C3H3IO2.Tl/c4-2-1-3(5)6;/h1-2H,(H,5,6);/q;+1/p-1. The minimum Gasteiger partial charge on any atom is -0.545 e. The number of carboxylic acids is 1. The Morgan fingerprint density at radius 2 is 2.14 bits per heavy atom. The first-order valence-corrected chi connectivity index (χ1v) is 2.49. The maximum atomic E-state index is 9.40. The Morgan fingerprint density at radius 1 is 1.71 bits per heavy atom. The van der Waals surface area contributed by atoms with Gasteiger partial charge in [0.15, 0.2) is 0 Å². The van der Waals surface area contributed by atoms with Crippen LogP contribution in [0.25, 0.3) is 0 Å². The van der Waals surface area contributed by atoms with E-state index in [4.69, 9.17) is 0 Å². The van der Waals surface area contributed by atoms with E-state index in [9.17, 15) is 9.90 Å². The van der Waals surface area contributed by atoms with Crippen molar-refractivity contribution >= 4 is 55.9 Å². The van der Waals surface area contributed by atoms with Gasteiger partial charge in [-0.05, 0) is 10.2 Å². The van der Waals surface area contributed by atoms with Gasteiger partial charge in [0.05, 0.1) is 5.97 Å². The fourth-order valence-corrected chi connectivity index (χ4v) is 0.345. The SMILES string of the molecule is O=C([O-])C=CI.[Tl+]. The van der Waals surface area contributed by atoms with Gasteiger partial charge in [-0.3, -0.25) is 0 Å².